The zero-order valence-electron chi connectivity index (χ0n) is 12.3. The maximum Gasteiger partial charge on any atom is 0.327 e. The lowest BCUT2D eigenvalue weighted by Gasteiger charge is -2.32. The SMILES string of the molecule is CCCN(CC)CCNC(=O)N1CCSCC1C(=O)O. The summed E-state index contributed by atoms with van der Waals surface area (Å²) >= 11 is 1.58. The Morgan fingerprint density at radius 3 is 2.75 bits per heavy atom. The fourth-order valence-corrected chi connectivity index (χ4v) is 3.26. The zero-order chi connectivity index (χ0) is 15.0. The van der Waals surface area contributed by atoms with Crippen LogP contribution < -0.4 is 5.32 Å². The fraction of sp³-hybridized carbons (Fsp3) is 0.846. The van der Waals surface area contributed by atoms with Crippen LogP contribution in [0.15, 0.2) is 0 Å². The van der Waals surface area contributed by atoms with Gasteiger partial charge in [-0.2, -0.15) is 11.8 Å². The van der Waals surface area contributed by atoms with Crippen LogP contribution in [0.2, 0.25) is 0 Å². The average molecular weight is 303 g/mol. The molecule has 6 nitrogen and oxygen atoms in total. The van der Waals surface area contributed by atoms with Gasteiger partial charge in [-0.05, 0) is 19.5 Å². The van der Waals surface area contributed by atoms with Crippen LogP contribution in [0.4, 0.5) is 4.79 Å². The molecule has 0 radical (unpaired) electrons. The standard InChI is InChI=1S/C13H25N3O3S/c1-3-6-15(4-2)7-5-14-13(19)16-8-9-20-10-11(16)12(17)18/h11H,3-10H2,1-2H3,(H,14,19)(H,17,18). The normalized spacial score (nSPS) is 19.1. The van der Waals surface area contributed by atoms with Gasteiger partial charge in [0.05, 0.1) is 0 Å². The molecule has 1 atom stereocenters. The number of carboxylic acid groups (broad SMARTS) is 1. The molecule has 1 aliphatic rings. The zero-order valence-corrected chi connectivity index (χ0v) is 13.1. The maximum absolute atomic E-state index is 12.1. The molecule has 1 saturated heterocycles. The van der Waals surface area contributed by atoms with Crippen molar-refractivity contribution >= 4 is 23.8 Å². The Hall–Kier alpha value is -0.950. The molecule has 0 saturated carbocycles. The van der Waals surface area contributed by atoms with Gasteiger partial charge in [-0.15, -0.1) is 0 Å². The van der Waals surface area contributed by atoms with Gasteiger partial charge in [0.2, 0.25) is 0 Å². The van der Waals surface area contributed by atoms with Gasteiger partial charge in [0.1, 0.15) is 6.04 Å². The summed E-state index contributed by atoms with van der Waals surface area (Å²) in [5, 5.41) is 12.0. The third kappa shape index (κ3) is 5.20. The number of carboxylic acids is 1. The van der Waals surface area contributed by atoms with E-state index in [2.05, 4.69) is 24.1 Å². The number of hydrogen-bond acceptors (Lipinski definition) is 4. The Bertz CT molecular complexity index is 328. The number of carbonyl (C=O) groups excluding carboxylic acids is 1. The van der Waals surface area contributed by atoms with Crippen molar-refractivity contribution in [2.24, 2.45) is 0 Å². The molecule has 0 aromatic heterocycles. The lowest BCUT2D eigenvalue weighted by atomic mass is 10.3. The summed E-state index contributed by atoms with van der Waals surface area (Å²) in [4.78, 5) is 26.9. The van der Waals surface area contributed by atoms with Gasteiger partial charge in [0.25, 0.3) is 0 Å². The number of nitrogens with one attached hydrogen (secondary N) is 1. The number of amides is 2. The van der Waals surface area contributed by atoms with Crippen molar-refractivity contribution in [1.29, 1.82) is 0 Å². The molecule has 20 heavy (non-hydrogen) atoms. The van der Waals surface area contributed by atoms with Gasteiger partial charge in [0, 0.05) is 31.1 Å². The molecule has 1 aliphatic heterocycles. The molecular weight excluding hydrogens is 278 g/mol. The Balaban J connectivity index is 2.38. The largest absolute Gasteiger partial charge is 0.480 e. The van der Waals surface area contributed by atoms with Crippen molar-refractivity contribution in [3.05, 3.63) is 0 Å². The number of rotatable bonds is 7. The second-order valence-corrected chi connectivity index (χ2v) is 5.94. The van der Waals surface area contributed by atoms with Crippen LogP contribution in [-0.2, 0) is 4.79 Å². The Morgan fingerprint density at radius 2 is 2.15 bits per heavy atom. The van der Waals surface area contributed by atoms with Crippen molar-refractivity contribution in [2.45, 2.75) is 26.3 Å². The lowest BCUT2D eigenvalue weighted by Crippen LogP contribution is -2.54. The fourth-order valence-electron chi connectivity index (χ4n) is 2.22. The summed E-state index contributed by atoms with van der Waals surface area (Å²) in [7, 11) is 0. The van der Waals surface area contributed by atoms with E-state index in [-0.39, 0.29) is 6.03 Å². The van der Waals surface area contributed by atoms with E-state index in [1.807, 2.05) is 0 Å². The predicted octanol–water partition coefficient (Wildman–Crippen LogP) is 0.930. The number of thioether (sulfide) groups is 1. The molecule has 0 aromatic carbocycles. The molecule has 116 valence electrons. The van der Waals surface area contributed by atoms with Gasteiger partial charge in [-0.3, -0.25) is 0 Å². The van der Waals surface area contributed by atoms with Crippen LogP contribution in [0.5, 0.6) is 0 Å². The van der Waals surface area contributed by atoms with Crippen molar-refractivity contribution in [3.63, 3.8) is 0 Å². The van der Waals surface area contributed by atoms with Crippen LogP contribution >= 0.6 is 11.8 Å². The Kier molecular flexibility index (Phi) is 7.76. The summed E-state index contributed by atoms with van der Waals surface area (Å²) in [6.07, 6.45) is 1.09. The monoisotopic (exact) mass is 303 g/mol. The molecular formula is C13H25N3O3S. The van der Waals surface area contributed by atoms with Crippen molar-refractivity contribution in [2.75, 3.05) is 44.2 Å². The molecule has 0 bridgehead atoms. The molecule has 0 aromatic rings. The third-order valence-corrected chi connectivity index (χ3v) is 4.39. The number of urea groups is 1. The van der Waals surface area contributed by atoms with E-state index in [0.717, 1.165) is 31.8 Å². The van der Waals surface area contributed by atoms with E-state index in [1.54, 1.807) is 11.8 Å². The first-order valence-electron chi connectivity index (χ1n) is 7.17. The van der Waals surface area contributed by atoms with Crippen LogP contribution in [-0.4, -0.2) is 77.2 Å². The molecule has 0 spiro atoms. The molecule has 1 unspecified atom stereocenters. The van der Waals surface area contributed by atoms with E-state index in [9.17, 15) is 9.59 Å². The summed E-state index contributed by atoms with van der Waals surface area (Å²) in [5.74, 6) is 0.349. The van der Waals surface area contributed by atoms with Crippen LogP contribution in [0.25, 0.3) is 0 Å². The van der Waals surface area contributed by atoms with Gasteiger partial charge in [0.15, 0.2) is 0 Å². The first kappa shape index (κ1) is 17.1. The van der Waals surface area contributed by atoms with Crippen LogP contribution in [0.1, 0.15) is 20.3 Å². The van der Waals surface area contributed by atoms with E-state index in [4.69, 9.17) is 5.11 Å². The number of hydrogen-bond donors (Lipinski definition) is 2. The topological polar surface area (TPSA) is 72.9 Å². The van der Waals surface area contributed by atoms with Crippen LogP contribution in [0, 0.1) is 0 Å². The molecule has 1 rings (SSSR count). The summed E-state index contributed by atoms with van der Waals surface area (Å²) < 4.78 is 0. The molecule has 1 fully saturated rings. The van der Waals surface area contributed by atoms with E-state index in [1.165, 1.54) is 4.90 Å². The van der Waals surface area contributed by atoms with Crippen molar-refractivity contribution in [3.8, 4) is 0 Å². The minimum Gasteiger partial charge on any atom is -0.480 e. The molecule has 0 aliphatic carbocycles. The van der Waals surface area contributed by atoms with Gasteiger partial charge < -0.3 is 20.2 Å². The molecule has 2 amide bonds. The van der Waals surface area contributed by atoms with Crippen molar-refractivity contribution < 1.29 is 14.7 Å². The van der Waals surface area contributed by atoms with E-state index in [0.29, 0.717) is 18.8 Å². The summed E-state index contributed by atoms with van der Waals surface area (Å²) in [5.41, 5.74) is 0. The lowest BCUT2D eigenvalue weighted by molar-refractivity contribution is -0.141. The van der Waals surface area contributed by atoms with E-state index < -0.39 is 12.0 Å². The third-order valence-electron chi connectivity index (χ3n) is 3.37. The van der Waals surface area contributed by atoms with Crippen LogP contribution in [0.3, 0.4) is 0 Å². The number of aliphatic carboxylic acids is 1. The Morgan fingerprint density at radius 1 is 1.40 bits per heavy atom. The highest BCUT2D eigenvalue weighted by atomic mass is 32.2. The number of carbonyl (C=O) groups is 2. The Labute approximate surface area is 124 Å². The first-order chi connectivity index (χ1) is 9.60. The maximum atomic E-state index is 12.1. The summed E-state index contributed by atoms with van der Waals surface area (Å²) in [6.45, 7) is 8.06. The highest BCUT2D eigenvalue weighted by molar-refractivity contribution is 7.99. The molecule has 2 N–H and O–H groups in total. The first-order valence-corrected chi connectivity index (χ1v) is 8.33. The quantitative estimate of drug-likeness (QED) is 0.732. The highest BCUT2D eigenvalue weighted by Crippen LogP contribution is 2.16. The predicted molar refractivity (Wildman–Crippen MR) is 81.3 cm³/mol. The minimum atomic E-state index is -0.923. The average Bonchev–Trinajstić information content (AvgIpc) is 2.46. The minimum absolute atomic E-state index is 0.259. The smallest absolute Gasteiger partial charge is 0.327 e. The molecule has 1 heterocycles. The number of nitrogens with zero attached hydrogens (tertiary/aromatic N) is 2. The molecule has 7 heteroatoms. The van der Waals surface area contributed by atoms with Crippen molar-refractivity contribution in [1.82, 2.24) is 15.1 Å². The second-order valence-electron chi connectivity index (χ2n) is 4.79. The van der Waals surface area contributed by atoms with Gasteiger partial charge in [-0.25, -0.2) is 9.59 Å². The van der Waals surface area contributed by atoms with Gasteiger partial charge in [-0.1, -0.05) is 13.8 Å². The number of likely N-dealkylation sites (N-methyl/N-ethyl adjacent to an activating group) is 1. The second kappa shape index (κ2) is 9.07. The van der Waals surface area contributed by atoms with Gasteiger partial charge >= 0.3 is 12.0 Å². The highest BCUT2D eigenvalue weighted by Gasteiger charge is 2.32. The van der Waals surface area contributed by atoms with E-state index >= 15 is 0 Å². The summed E-state index contributed by atoms with van der Waals surface area (Å²) in [6, 6.07) is -0.961.